The lowest BCUT2D eigenvalue weighted by molar-refractivity contribution is -0.105. The number of alkyl halides is 3. The number of benzene rings is 2. The van der Waals surface area contributed by atoms with Gasteiger partial charge in [-0.05, 0) is 48.5 Å². The van der Waals surface area contributed by atoms with Crippen molar-refractivity contribution in [3.63, 3.8) is 0 Å². The first-order valence-electron chi connectivity index (χ1n) is 10.6. The molecule has 0 unspecified atom stereocenters. The van der Waals surface area contributed by atoms with Crippen LogP contribution in [-0.4, -0.2) is 39.8 Å². The molecule has 2 aromatic heterocycles. The molecule has 0 N–H and O–H groups in total. The molecule has 5 rings (SSSR count). The maximum absolute atomic E-state index is 13.8. The summed E-state index contributed by atoms with van der Waals surface area (Å²) < 4.78 is 45.2. The zero-order valence-corrected chi connectivity index (χ0v) is 19.6. The molecule has 7 nitrogen and oxygen atoms in total. The van der Waals surface area contributed by atoms with Crippen LogP contribution in [0, 0.1) is 0 Å². The Kier molecular flexibility index (Phi) is 5.79. The molecule has 0 radical (unpaired) electrons. The third-order valence-electron chi connectivity index (χ3n) is 5.52. The molecule has 0 aliphatic carbocycles. The van der Waals surface area contributed by atoms with Gasteiger partial charge in [0.1, 0.15) is 11.6 Å². The number of ether oxygens (including phenoxy) is 1. The van der Waals surface area contributed by atoms with Gasteiger partial charge in [0.05, 0.1) is 35.6 Å². The number of nitrogens with zero attached hydrogens (tertiary/aromatic N) is 5. The van der Waals surface area contributed by atoms with Gasteiger partial charge in [-0.3, -0.25) is 9.58 Å². The highest BCUT2D eigenvalue weighted by molar-refractivity contribution is 7.99. The number of hydrogen-bond acceptors (Lipinski definition) is 5. The molecular weight excluding hydrogens is 479 g/mol. The Labute approximate surface area is 203 Å². The van der Waals surface area contributed by atoms with Crippen molar-refractivity contribution < 1.29 is 22.7 Å². The first kappa shape index (κ1) is 23.0. The van der Waals surface area contributed by atoms with Gasteiger partial charge >= 0.3 is 12.2 Å². The highest BCUT2D eigenvalue weighted by Crippen LogP contribution is 2.38. The Morgan fingerprint density at radius 3 is 2.51 bits per heavy atom. The fraction of sp³-hybridized carbons (Fsp3) is 0.208. The van der Waals surface area contributed by atoms with Gasteiger partial charge in [-0.1, -0.05) is 17.8 Å². The monoisotopic (exact) mass is 499 g/mol. The average Bonchev–Trinajstić information content (AvgIpc) is 3.21. The highest BCUT2D eigenvalue weighted by Gasteiger charge is 2.35. The lowest BCUT2D eigenvalue weighted by Crippen LogP contribution is -2.45. The van der Waals surface area contributed by atoms with Crippen molar-refractivity contribution in [3.8, 4) is 5.75 Å². The lowest BCUT2D eigenvalue weighted by Gasteiger charge is -2.36. The Balaban J connectivity index is 1.57. The minimum atomic E-state index is -4.32. The summed E-state index contributed by atoms with van der Waals surface area (Å²) in [5.41, 5.74) is 2.72. The average molecular weight is 500 g/mol. The van der Waals surface area contributed by atoms with E-state index in [1.54, 1.807) is 53.1 Å². The van der Waals surface area contributed by atoms with Crippen LogP contribution in [0.5, 0.6) is 5.75 Å². The number of rotatable bonds is 5. The summed E-state index contributed by atoms with van der Waals surface area (Å²) in [4.78, 5) is 21.3. The minimum Gasteiger partial charge on any atom is -0.497 e. The summed E-state index contributed by atoms with van der Waals surface area (Å²) in [7, 11) is 3.37. The van der Waals surface area contributed by atoms with E-state index in [0.717, 1.165) is 10.9 Å². The van der Waals surface area contributed by atoms with Crippen molar-refractivity contribution in [1.82, 2.24) is 14.8 Å². The molecule has 3 heterocycles. The van der Waals surface area contributed by atoms with Crippen LogP contribution in [0.3, 0.4) is 0 Å². The molecule has 1 aliphatic heterocycles. The molecule has 0 fully saturated rings. The van der Waals surface area contributed by atoms with Gasteiger partial charge in [-0.15, -0.1) is 0 Å². The summed E-state index contributed by atoms with van der Waals surface area (Å²) in [6.45, 7) is 0.226. The van der Waals surface area contributed by atoms with E-state index in [4.69, 9.17) is 4.74 Å². The fourth-order valence-corrected chi connectivity index (χ4v) is 4.56. The number of amides is 2. The number of pyridine rings is 1. The Morgan fingerprint density at radius 1 is 1.06 bits per heavy atom. The second-order valence-electron chi connectivity index (χ2n) is 7.98. The van der Waals surface area contributed by atoms with E-state index in [1.807, 2.05) is 31.4 Å². The first-order chi connectivity index (χ1) is 16.7. The maximum Gasteiger partial charge on any atom is 0.398 e. The van der Waals surface area contributed by atoms with Gasteiger partial charge in [0.25, 0.3) is 0 Å². The van der Waals surface area contributed by atoms with Crippen molar-refractivity contribution in [2.75, 3.05) is 22.7 Å². The number of urea groups is 1. The van der Waals surface area contributed by atoms with Gasteiger partial charge in [0, 0.05) is 29.9 Å². The van der Waals surface area contributed by atoms with Crippen molar-refractivity contribution >= 4 is 45.9 Å². The van der Waals surface area contributed by atoms with E-state index in [-0.39, 0.29) is 17.6 Å². The SMILES string of the molecule is COc1ccc(N2C(=O)N(c3ccc4nn(C)cc4c3)Cc3ccc(SCC(F)(F)F)nc32)cc1. The standard InChI is InChI=1S/C24H20F3N5O2S/c1-30-12-16-11-18(6-9-20(16)29-30)31-13-15-3-10-21(35-14-24(25,26)27)28-22(15)32(23(31)33)17-4-7-19(34-2)8-5-17/h3-12H,13-14H2,1-2H3. The molecule has 0 atom stereocenters. The summed E-state index contributed by atoms with van der Waals surface area (Å²) in [5.74, 6) is -0.141. The quantitative estimate of drug-likeness (QED) is 0.320. The van der Waals surface area contributed by atoms with E-state index in [1.165, 1.54) is 4.90 Å². The number of methoxy groups -OCH3 is 1. The number of hydrogen-bond donors (Lipinski definition) is 0. The molecule has 35 heavy (non-hydrogen) atoms. The normalized spacial score (nSPS) is 13.9. The number of thioether (sulfide) groups is 1. The number of fused-ring (bicyclic) bond motifs is 2. The van der Waals surface area contributed by atoms with E-state index >= 15 is 0 Å². The smallest absolute Gasteiger partial charge is 0.398 e. The zero-order valence-electron chi connectivity index (χ0n) is 18.8. The van der Waals surface area contributed by atoms with Gasteiger partial charge in [0.2, 0.25) is 0 Å². The second-order valence-corrected chi connectivity index (χ2v) is 8.98. The molecule has 0 spiro atoms. The molecule has 0 saturated heterocycles. The van der Waals surface area contributed by atoms with Crippen LogP contribution in [-0.2, 0) is 13.6 Å². The second kappa shape index (κ2) is 8.81. The molecule has 180 valence electrons. The molecule has 0 saturated carbocycles. The molecule has 0 bridgehead atoms. The predicted octanol–water partition coefficient (Wildman–Crippen LogP) is 5.91. The number of aryl methyl sites for hydroxylation is 1. The topological polar surface area (TPSA) is 63.5 Å². The fourth-order valence-electron chi connectivity index (χ4n) is 3.93. The Bertz CT molecular complexity index is 1400. The summed E-state index contributed by atoms with van der Waals surface area (Å²) in [6, 6.07) is 15.3. The first-order valence-corrected chi connectivity index (χ1v) is 11.6. The van der Waals surface area contributed by atoms with Gasteiger partial charge in [-0.25, -0.2) is 14.7 Å². The van der Waals surface area contributed by atoms with Crippen LogP contribution < -0.4 is 14.5 Å². The minimum absolute atomic E-state index is 0.192. The van der Waals surface area contributed by atoms with Crippen LogP contribution in [0.2, 0.25) is 0 Å². The van der Waals surface area contributed by atoms with Crippen LogP contribution in [0.4, 0.5) is 35.2 Å². The van der Waals surface area contributed by atoms with Gasteiger partial charge in [0.15, 0.2) is 0 Å². The predicted molar refractivity (Wildman–Crippen MR) is 128 cm³/mol. The number of aromatic nitrogens is 3. The number of anilines is 3. The van der Waals surface area contributed by atoms with Gasteiger partial charge < -0.3 is 4.74 Å². The summed E-state index contributed by atoms with van der Waals surface area (Å²) in [6.07, 6.45) is -2.45. The highest BCUT2D eigenvalue weighted by atomic mass is 32.2. The number of carbonyl (C=O) groups excluding carboxylic acids is 1. The van der Waals surface area contributed by atoms with Crippen LogP contribution in [0.1, 0.15) is 5.56 Å². The molecule has 2 aromatic carbocycles. The molecule has 2 amide bonds. The zero-order chi connectivity index (χ0) is 24.7. The molecule has 11 heteroatoms. The maximum atomic E-state index is 13.8. The summed E-state index contributed by atoms with van der Waals surface area (Å²) >= 11 is 0.589. The van der Waals surface area contributed by atoms with Crippen LogP contribution in [0.25, 0.3) is 10.9 Å². The van der Waals surface area contributed by atoms with Crippen molar-refractivity contribution in [2.24, 2.45) is 7.05 Å². The van der Waals surface area contributed by atoms with E-state index in [0.29, 0.717) is 40.3 Å². The van der Waals surface area contributed by atoms with Crippen molar-refractivity contribution in [1.29, 1.82) is 0 Å². The van der Waals surface area contributed by atoms with Gasteiger partial charge in [-0.2, -0.15) is 18.3 Å². The third-order valence-corrected chi connectivity index (χ3v) is 6.52. The molecular formula is C24H20F3N5O2S. The largest absolute Gasteiger partial charge is 0.497 e. The van der Waals surface area contributed by atoms with Crippen molar-refractivity contribution in [2.45, 2.75) is 17.7 Å². The third kappa shape index (κ3) is 4.63. The van der Waals surface area contributed by atoms with Crippen LogP contribution >= 0.6 is 11.8 Å². The lowest BCUT2D eigenvalue weighted by atomic mass is 10.1. The van der Waals surface area contributed by atoms with Crippen molar-refractivity contribution in [3.05, 3.63) is 66.4 Å². The van der Waals surface area contributed by atoms with Crippen LogP contribution in [0.15, 0.2) is 65.8 Å². The Morgan fingerprint density at radius 2 is 1.80 bits per heavy atom. The molecule has 1 aliphatic rings. The Hall–Kier alpha value is -3.73. The van der Waals surface area contributed by atoms with E-state index < -0.39 is 11.9 Å². The number of carbonyl (C=O) groups is 1. The number of halogens is 3. The van der Waals surface area contributed by atoms with E-state index in [2.05, 4.69) is 10.1 Å². The summed E-state index contributed by atoms with van der Waals surface area (Å²) in [5, 5.41) is 5.45. The van der Waals surface area contributed by atoms with E-state index in [9.17, 15) is 18.0 Å². The molecule has 4 aromatic rings.